The van der Waals surface area contributed by atoms with Crippen molar-refractivity contribution in [2.24, 2.45) is 17.8 Å². The normalized spacial score (nSPS) is 27.3. The first kappa shape index (κ1) is 15.5. The lowest BCUT2D eigenvalue weighted by Gasteiger charge is -2.43. The number of hydrogen-bond acceptors (Lipinski definition) is 2. The molecule has 2 saturated heterocycles. The summed E-state index contributed by atoms with van der Waals surface area (Å²) in [4.78, 5) is 15.2. The Balaban J connectivity index is 1.83. The average molecular weight is 300 g/mol. The first-order chi connectivity index (χ1) is 10.6. The number of likely N-dealkylation sites (tertiary alicyclic amines) is 1. The molecule has 2 aliphatic rings. The predicted octanol–water partition coefficient (Wildman–Crippen LogP) is 3.15. The van der Waals surface area contributed by atoms with Gasteiger partial charge in [-0.15, -0.1) is 0 Å². The van der Waals surface area contributed by atoms with Crippen LogP contribution in [0.4, 0.5) is 0 Å². The van der Waals surface area contributed by atoms with Gasteiger partial charge < -0.3 is 10.2 Å². The molecule has 0 radical (unpaired) electrons. The highest BCUT2D eigenvalue weighted by Gasteiger charge is 2.38. The number of rotatable bonds is 3. The summed E-state index contributed by atoms with van der Waals surface area (Å²) < 4.78 is 0. The lowest BCUT2D eigenvalue weighted by atomic mass is 9.82. The van der Waals surface area contributed by atoms with E-state index in [1.165, 1.54) is 17.5 Å². The number of carbonyl (C=O) groups is 1. The standard InChI is InChI=1S/C19H28N2O/c1-13-6-8-16(9-7-13)18-14(2)5-4-10-21(18)19(22)15(3)17-11-20-12-17/h6-9,14-15,17-18,20H,4-5,10-12H2,1-3H3. The molecule has 1 aromatic carbocycles. The zero-order chi connectivity index (χ0) is 15.7. The SMILES string of the molecule is Cc1ccc(C2C(C)CCCN2C(=O)C(C)C2CNC2)cc1. The fraction of sp³-hybridized carbons (Fsp3) is 0.632. The highest BCUT2D eigenvalue weighted by atomic mass is 16.2. The van der Waals surface area contributed by atoms with Crippen molar-refractivity contribution in [3.05, 3.63) is 35.4 Å². The van der Waals surface area contributed by atoms with E-state index in [-0.39, 0.29) is 12.0 Å². The third-order valence-electron chi connectivity index (χ3n) is 5.54. The van der Waals surface area contributed by atoms with Crippen LogP contribution >= 0.6 is 0 Å². The molecule has 2 aliphatic heterocycles. The molecule has 3 rings (SSSR count). The van der Waals surface area contributed by atoms with Gasteiger partial charge in [-0.05, 0) is 50.3 Å². The molecular formula is C19H28N2O. The van der Waals surface area contributed by atoms with E-state index >= 15 is 0 Å². The molecule has 3 atom stereocenters. The Morgan fingerprint density at radius 1 is 1.27 bits per heavy atom. The second kappa shape index (κ2) is 6.41. The molecular weight excluding hydrogens is 272 g/mol. The Hall–Kier alpha value is -1.35. The van der Waals surface area contributed by atoms with Gasteiger partial charge in [-0.1, -0.05) is 43.7 Å². The average Bonchev–Trinajstić information content (AvgIpc) is 2.45. The second-order valence-corrected chi connectivity index (χ2v) is 7.21. The van der Waals surface area contributed by atoms with Crippen LogP contribution < -0.4 is 5.32 Å². The van der Waals surface area contributed by atoms with Gasteiger partial charge in [-0.3, -0.25) is 4.79 Å². The van der Waals surface area contributed by atoms with E-state index in [1.54, 1.807) is 0 Å². The van der Waals surface area contributed by atoms with Gasteiger partial charge in [0.2, 0.25) is 5.91 Å². The number of hydrogen-bond donors (Lipinski definition) is 1. The van der Waals surface area contributed by atoms with Crippen LogP contribution in [0.5, 0.6) is 0 Å². The summed E-state index contributed by atoms with van der Waals surface area (Å²) in [7, 11) is 0. The third kappa shape index (κ3) is 2.91. The number of carbonyl (C=O) groups excluding carboxylic acids is 1. The van der Waals surface area contributed by atoms with Crippen LogP contribution in [0.1, 0.15) is 43.9 Å². The minimum atomic E-state index is 0.138. The van der Waals surface area contributed by atoms with Crippen LogP contribution in [0, 0.1) is 24.7 Å². The van der Waals surface area contributed by atoms with Crippen molar-refractivity contribution >= 4 is 5.91 Å². The maximum absolute atomic E-state index is 13.0. The fourth-order valence-electron chi connectivity index (χ4n) is 3.83. The number of amides is 1. The Morgan fingerprint density at radius 3 is 2.55 bits per heavy atom. The maximum Gasteiger partial charge on any atom is 0.226 e. The summed E-state index contributed by atoms with van der Waals surface area (Å²) >= 11 is 0. The molecule has 0 aliphatic carbocycles. The molecule has 2 fully saturated rings. The van der Waals surface area contributed by atoms with Crippen LogP contribution in [0.15, 0.2) is 24.3 Å². The van der Waals surface area contributed by atoms with Gasteiger partial charge in [0.1, 0.15) is 0 Å². The van der Waals surface area contributed by atoms with Crippen molar-refractivity contribution in [2.45, 2.75) is 39.7 Å². The molecule has 3 nitrogen and oxygen atoms in total. The molecule has 22 heavy (non-hydrogen) atoms. The highest BCUT2D eigenvalue weighted by molar-refractivity contribution is 5.79. The van der Waals surface area contributed by atoms with Gasteiger partial charge in [0.15, 0.2) is 0 Å². The summed E-state index contributed by atoms with van der Waals surface area (Å²) in [6.45, 7) is 9.41. The molecule has 0 saturated carbocycles. The Morgan fingerprint density at radius 2 is 1.95 bits per heavy atom. The molecule has 3 heteroatoms. The van der Waals surface area contributed by atoms with Crippen LogP contribution in [0.3, 0.4) is 0 Å². The van der Waals surface area contributed by atoms with Crippen molar-refractivity contribution in [1.29, 1.82) is 0 Å². The van der Waals surface area contributed by atoms with Crippen molar-refractivity contribution in [3.8, 4) is 0 Å². The largest absolute Gasteiger partial charge is 0.335 e. The van der Waals surface area contributed by atoms with E-state index in [9.17, 15) is 4.79 Å². The molecule has 2 heterocycles. The van der Waals surface area contributed by atoms with E-state index in [4.69, 9.17) is 0 Å². The topological polar surface area (TPSA) is 32.3 Å². The van der Waals surface area contributed by atoms with Crippen molar-refractivity contribution in [2.75, 3.05) is 19.6 Å². The number of benzene rings is 1. The molecule has 120 valence electrons. The second-order valence-electron chi connectivity index (χ2n) is 7.21. The van der Waals surface area contributed by atoms with Crippen LogP contribution in [0.25, 0.3) is 0 Å². The summed E-state index contributed by atoms with van der Waals surface area (Å²) in [5.74, 6) is 1.54. The van der Waals surface area contributed by atoms with Crippen molar-refractivity contribution in [1.82, 2.24) is 10.2 Å². The zero-order valence-electron chi connectivity index (χ0n) is 14.0. The number of piperidine rings is 1. The van der Waals surface area contributed by atoms with Crippen LogP contribution in [-0.2, 0) is 4.79 Å². The number of nitrogens with zero attached hydrogens (tertiary/aromatic N) is 1. The Kier molecular flexibility index (Phi) is 4.53. The molecule has 0 spiro atoms. The minimum Gasteiger partial charge on any atom is -0.335 e. The van der Waals surface area contributed by atoms with E-state index in [0.29, 0.717) is 17.7 Å². The van der Waals surface area contributed by atoms with Crippen molar-refractivity contribution in [3.63, 3.8) is 0 Å². The summed E-state index contributed by atoms with van der Waals surface area (Å²) in [5, 5.41) is 3.29. The monoisotopic (exact) mass is 300 g/mol. The number of aryl methyl sites for hydroxylation is 1. The van der Waals surface area contributed by atoms with Gasteiger partial charge in [-0.25, -0.2) is 0 Å². The fourth-order valence-corrected chi connectivity index (χ4v) is 3.83. The van der Waals surface area contributed by atoms with E-state index in [1.807, 2.05) is 0 Å². The molecule has 0 bridgehead atoms. The third-order valence-corrected chi connectivity index (χ3v) is 5.54. The quantitative estimate of drug-likeness (QED) is 0.930. The maximum atomic E-state index is 13.0. The minimum absolute atomic E-state index is 0.138. The molecule has 0 aromatic heterocycles. The van der Waals surface area contributed by atoms with E-state index in [0.717, 1.165) is 26.1 Å². The zero-order valence-corrected chi connectivity index (χ0v) is 14.0. The predicted molar refractivity (Wildman–Crippen MR) is 89.6 cm³/mol. The lowest BCUT2D eigenvalue weighted by molar-refractivity contribution is -0.143. The first-order valence-electron chi connectivity index (χ1n) is 8.65. The van der Waals surface area contributed by atoms with Gasteiger partial charge in [0.25, 0.3) is 0 Å². The van der Waals surface area contributed by atoms with Gasteiger partial charge in [0.05, 0.1) is 6.04 Å². The summed E-state index contributed by atoms with van der Waals surface area (Å²) in [5.41, 5.74) is 2.57. The van der Waals surface area contributed by atoms with Gasteiger partial charge in [-0.2, -0.15) is 0 Å². The molecule has 3 unspecified atom stereocenters. The van der Waals surface area contributed by atoms with Crippen LogP contribution in [-0.4, -0.2) is 30.4 Å². The van der Waals surface area contributed by atoms with E-state index < -0.39 is 0 Å². The Labute approximate surface area is 134 Å². The van der Waals surface area contributed by atoms with Crippen LogP contribution in [0.2, 0.25) is 0 Å². The molecule has 1 N–H and O–H groups in total. The summed E-state index contributed by atoms with van der Waals surface area (Å²) in [6, 6.07) is 8.99. The number of nitrogens with one attached hydrogen (secondary N) is 1. The lowest BCUT2D eigenvalue weighted by Crippen LogP contribution is -2.52. The van der Waals surface area contributed by atoms with Gasteiger partial charge in [0, 0.05) is 12.5 Å². The molecule has 1 aromatic rings. The van der Waals surface area contributed by atoms with E-state index in [2.05, 4.69) is 55.3 Å². The molecule has 1 amide bonds. The smallest absolute Gasteiger partial charge is 0.226 e. The first-order valence-corrected chi connectivity index (χ1v) is 8.65. The van der Waals surface area contributed by atoms with Crippen molar-refractivity contribution < 1.29 is 4.79 Å². The highest BCUT2D eigenvalue weighted by Crippen LogP contribution is 2.37. The van der Waals surface area contributed by atoms with Gasteiger partial charge >= 0.3 is 0 Å². The Bertz CT molecular complexity index is 521. The summed E-state index contributed by atoms with van der Waals surface area (Å²) in [6.07, 6.45) is 2.34.